The maximum Gasteiger partial charge on any atom is 0.191 e. The minimum Gasteiger partial charge on any atom is -0.417 e. The number of aliphatic hydroxyl groups is 1. The van der Waals surface area contributed by atoms with Crippen LogP contribution in [0.4, 0.5) is 0 Å². The van der Waals surface area contributed by atoms with Gasteiger partial charge < -0.3 is 19.0 Å². The fraction of sp³-hybridized carbons (Fsp3) is 0.794. The van der Waals surface area contributed by atoms with E-state index in [0.29, 0.717) is 31.8 Å². The lowest BCUT2D eigenvalue weighted by molar-refractivity contribution is -0.230. The van der Waals surface area contributed by atoms with Gasteiger partial charge in [-0.3, -0.25) is 4.79 Å². The highest BCUT2D eigenvalue weighted by Crippen LogP contribution is 2.68. The van der Waals surface area contributed by atoms with Crippen LogP contribution in [0.15, 0.2) is 30.3 Å². The SMILES string of the molecule is CC[C@]1(C)C[C@@H](O)[C@@]2(C)C3C(=O)CC[C@@]3(CC[C@H]2CO[Si](CC)(CC)CC)[C@@H](C)[C@@H]1OCOCc1ccccc1. The summed E-state index contributed by atoms with van der Waals surface area (Å²) in [6.07, 6.45) is 4.38. The van der Waals surface area contributed by atoms with Gasteiger partial charge in [-0.15, -0.1) is 0 Å². The van der Waals surface area contributed by atoms with Gasteiger partial charge in [0.15, 0.2) is 8.32 Å². The molecule has 3 aliphatic carbocycles. The molecule has 3 aliphatic rings. The summed E-state index contributed by atoms with van der Waals surface area (Å²) in [5.41, 5.74) is 0.264. The van der Waals surface area contributed by atoms with E-state index < -0.39 is 19.8 Å². The second-order valence-electron chi connectivity index (χ2n) is 13.8. The second kappa shape index (κ2) is 12.7. The van der Waals surface area contributed by atoms with Crippen LogP contribution < -0.4 is 0 Å². The summed E-state index contributed by atoms with van der Waals surface area (Å²) < 4.78 is 19.6. The summed E-state index contributed by atoms with van der Waals surface area (Å²) in [5.74, 6) is 0.589. The number of carbonyl (C=O) groups is 1. The van der Waals surface area contributed by atoms with Crippen molar-refractivity contribution < 1.29 is 23.8 Å². The van der Waals surface area contributed by atoms with Crippen LogP contribution in [-0.4, -0.2) is 44.8 Å². The molecule has 1 N–H and O–H groups in total. The normalized spacial score (nSPS) is 38.1. The van der Waals surface area contributed by atoms with Crippen molar-refractivity contribution in [3.63, 3.8) is 0 Å². The zero-order valence-corrected chi connectivity index (χ0v) is 27.3. The molecule has 4 rings (SSSR count). The molecule has 5 nitrogen and oxygen atoms in total. The van der Waals surface area contributed by atoms with E-state index in [1.807, 2.05) is 18.2 Å². The smallest absolute Gasteiger partial charge is 0.191 e. The fourth-order valence-electron chi connectivity index (χ4n) is 9.20. The lowest BCUT2D eigenvalue weighted by Crippen LogP contribution is -2.64. The molecule has 0 amide bonds. The molecule has 1 unspecified atom stereocenters. The van der Waals surface area contributed by atoms with Gasteiger partial charge in [-0.1, -0.05) is 78.8 Å². The number of hydrogen-bond donors (Lipinski definition) is 1. The highest BCUT2D eigenvalue weighted by Gasteiger charge is 2.68. The summed E-state index contributed by atoms with van der Waals surface area (Å²) in [6.45, 7) is 17.3. The molecule has 6 heteroatoms. The molecule has 0 spiro atoms. The molecule has 3 saturated carbocycles. The van der Waals surface area contributed by atoms with Crippen molar-refractivity contribution in [3.8, 4) is 0 Å². The Kier molecular flexibility index (Phi) is 10.1. The van der Waals surface area contributed by atoms with Gasteiger partial charge in [-0.05, 0) is 78.5 Å². The molecule has 1 aromatic carbocycles. The van der Waals surface area contributed by atoms with E-state index in [2.05, 4.69) is 60.6 Å². The molecule has 0 heterocycles. The molecule has 0 saturated heterocycles. The first-order chi connectivity index (χ1) is 19.1. The predicted octanol–water partition coefficient (Wildman–Crippen LogP) is 7.77. The van der Waals surface area contributed by atoms with Gasteiger partial charge in [0.05, 0.1) is 18.8 Å². The van der Waals surface area contributed by atoms with Crippen LogP contribution in [0.2, 0.25) is 18.1 Å². The molecule has 2 bridgehead atoms. The van der Waals surface area contributed by atoms with Crippen LogP contribution in [0.1, 0.15) is 92.6 Å². The van der Waals surface area contributed by atoms with E-state index in [1.54, 1.807) is 0 Å². The molecule has 0 aliphatic heterocycles. The number of benzene rings is 1. The number of hydrogen-bond acceptors (Lipinski definition) is 5. The predicted molar refractivity (Wildman–Crippen MR) is 163 cm³/mol. The third-order valence-corrected chi connectivity index (χ3v) is 17.0. The van der Waals surface area contributed by atoms with Crippen LogP contribution >= 0.6 is 0 Å². The van der Waals surface area contributed by atoms with Crippen LogP contribution in [0.5, 0.6) is 0 Å². The van der Waals surface area contributed by atoms with Crippen LogP contribution in [0, 0.1) is 34.0 Å². The van der Waals surface area contributed by atoms with Gasteiger partial charge in [0.2, 0.25) is 0 Å². The molecule has 40 heavy (non-hydrogen) atoms. The number of Topliss-reactive ketones (excluding diaryl/α,β-unsaturated/α-hetero) is 1. The van der Waals surface area contributed by atoms with Crippen molar-refractivity contribution in [2.24, 2.45) is 34.0 Å². The largest absolute Gasteiger partial charge is 0.417 e. The quantitative estimate of drug-likeness (QED) is 0.157. The summed E-state index contributed by atoms with van der Waals surface area (Å²) in [5, 5.41) is 12.2. The van der Waals surface area contributed by atoms with Gasteiger partial charge in [-0.25, -0.2) is 0 Å². The van der Waals surface area contributed by atoms with Crippen molar-refractivity contribution in [3.05, 3.63) is 35.9 Å². The monoisotopic (exact) mass is 572 g/mol. The zero-order chi connectivity index (χ0) is 29.2. The van der Waals surface area contributed by atoms with Crippen molar-refractivity contribution in [1.29, 1.82) is 0 Å². The molecule has 226 valence electrons. The summed E-state index contributed by atoms with van der Waals surface area (Å²) in [4.78, 5) is 13.8. The number of aliphatic hydroxyl groups excluding tert-OH is 1. The van der Waals surface area contributed by atoms with Gasteiger partial charge in [-0.2, -0.15) is 0 Å². The molecule has 3 fully saturated rings. The third kappa shape index (κ3) is 5.53. The Hall–Kier alpha value is -1.05. The molecule has 0 aromatic heterocycles. The van der Waals surface area contributed by atoms with E-state index in [1.165, 1.54) is 0 Å². The van der Waals surface area contributed by atoms with E-state index in [0.717, 1.165) is 49.4 Å². The van der Waals surface area contributed by atoms with E-state index in [-0.39, 0.29) is 41.5 Å². The Balaban J connectivity index is 1.62. The van der Waals surface area contributed by atoms with E-state index in [9.17, 15) is 9.90 Å². The lowest BCUT2D eigenvalue weighted by Gasteiger charge is -2.62. The maximum absolute atomic E-state index is 13.8. The van der Waals surface area contributed by atoms with Crippen molar-refractivity contribution >= 4 is 14.1 Å². The van der Waals surface area contributed by atoms with Crippen LogP contribution in [0.25, 0.3) is 0 Å². The number of carbonyl (C=O) groups excluding carboxylic acids is 1. The van der Waals surface area contributed by atoms with E-state index in [4.69, 9.17) is 13.9 Å². The average molecular weight is 573 g/mol. The summed E-state index contributed by atoms with van der Waals surface area (Å²) in [6, 6.07) is 13.5. The lowest BCUT2D eigenvalue weighted by atomic mass is 9.43. The Morgan fingerprint density at radius 3 is 2.33 bits per heavy atom. The summed E-state index contributed by atoms with van der Waals surface area (Å²) >= 11 is 0. The van der Waals surface area contributed by atoms with Gasteiger partial charge in [0.1, 0.15) is 12.6 Å². The van der Waals surface area contributed by atoms with Crippen molar-refractivity contribution in [2.75, 3.05) is 13.4 Å². The third-order valence-electron chi connectivity index (χ3n) is 12.4. The van der Waals surface area contributed by atoms with Crippen molar-refractivity contribution in [2.45, 2.75) is 124 Å². The average Bonchev–Trinajstić information content (AvgIpc) is 3.32. The molecule has 1 aromatic rings. The van der Waals surface area contributed by atoms with E-state index >= 15 is 0 Å². The molecular formula is C34H56O5Si. The van der Waals surface area contributed by atoms with Gasteiger partial charge in [0, 0.05) is 24.4 Å². The standard InChI is InChI=1S/C34H56O5Si/c1-8-32(6)21-29(36)33(7)27(23-39-40(9-2,10-3)11-4)17-19-34(20-18-28(35)30(33)34)25(5)31(32)38-24-37-22-26-15-13-12-14-16-26/h12-16,25,27,29-31,36H,8-11,17-24H2,1-7H3/t25-,27-,29+,30?,31-,32+,33-,34-/m0/s1. The highest BCUT2D eigenvalue weighted by atomic mass is 28.4. The Morgan fingerprint density at radius 2 is 1.70 bits per heavy atom. The first-order valence-corrected chi connectivity index (χ1v) is 18.7. The number of ether oxygens (including phenoxy) is 2. The second-order valence-corrected chi connectivity index (χ2v) is 18.6. The van der Waals surface area contributed by atoms with Crippen molar-refractivity contribution in [1.82, 2.24) is 0 Å². The first-order valence-electron chi connectivity index (χ1n) is 16.1. The number of rotatable bonds is 12. The Bertz CT molecular complexity index is 974. The van der Waals surface area contributed by atoms with Gasteiger partial charge in [0.25, 0.3) is 0 Å². The topological polar surface area (TPSA) is 65.0 Å². The van der Waals surface area contributed by atoms with Crippen LogP contribution in [0.3, 0.4) is 0 Å². The molecular weight excluding hydrogens is 516 g/mol. The van der Waals surface area contributed by atoms with Gasteiger partial charge >= 0.3 is 0 Å². The molecule has 8 atom stereocenters. The highest BCUT2D eigenvalue weighted by molar-refractivity contribution is 6.73. The fourth-order valence-corrected chi connectivity index (χ4v) is 11.9. The zero-order valence-electron chi connectivity index (χ0n) is 26.3. The number of ketones is 1. The Morgan fingerprint density at radius 1 is 1.02 bits per heavy atom. The molecule has 0 radical (unpaired) electrons. The minimum atomic E-state index is -1.78. The minimum absolute atomic E-state index is 0.0889. The summed E-state index contributed by atoms with van der Waals surface area (Å²) in [7, 11) is -1.78. The maximum atomic E-state index is 13.8. The van der Waals surface area contributed by atoms with Crippen LogP contribution in [-0.2, 0) is 25.3 Å². The Labute approximate surface area is 244 Å². The first kappa shape index (κ1) is 31.9.